The summed E-state index contributed by atoms with van der Waals surface area (Å²) in [5.41, 5.74) is 6.58. The molecule has 1 aliphatic carbocycles. The standard InChI is InChI=1S/C31H38N6O2/c1-4-12-32-29(33-13-5-2)23-15-19(3)28-25(17-23)36-30(37-28)27-24(11-14-34-31(27)39)35-18-26(38)22-8-6-7-21(16-22)20-9-10-20/h6-8,11,14-17,20,26,38H,4-5,9-10,12-13,18H2,1-3H3,(H,32,33)(H,36,37)(H2,34,35,39). The summed E-state index contributed by atoms with van der Waals surface area (Å²) >= 11 is 0. The van der Waals surface area contributed by atoms with E-state index in [-0.39, 0.29) is 12.1 Å². The van der Waals surface area contributed by atoms with Crippen molar-refractivity contribution in [2.75, 3.05) is 25.0 Å². The van der Waals surface area contributed by atoms with Gasteiger partial charge in [-0.3, -0.25) is 9.79 Å². The highest BCUT2D eigenvalue weighted by molar-refractivity contribution is 6.02. The number of rotatable bonds is 11. The first-order valence-corrected chi connectivity index (χ1v) is 14.0. The Labute approximate surface area is 229 Å². The fourth-order valence-electron chi connectivity index (χ4n) is 4.88. The number of aliphatic imine (C=N–C) groups is 1. The maximum Gasteiger partial charge on any atom is 0.261 e. The zero-order valence-corrected chi connectivity index (χ0v) is 23.0. The monoisotopic (exact) mass is 526 g/mol. The molecule has 0 amide bonds. The Kier molecular flexibility index (Phi) is 8.12. The van der Waals surface area contributed by atoms with Crippen LogP contribution in [0, 0.1) is 6.92 Å². The minimum absolute atomic E-state index is 0.253. The van der Waals surface area contributed by atoms with Gasteiger partial charge in [0.1, 0.15) is 17.2 Å². The first-order chi connectivity index (χ1) is 19.0. The molecule has 8 heteroatoms. The molecule has 4 aromatic rings. The van der Waals surface area contributed by atoms with Gasteiger partial charge in [-0.25, -0.2) is 4.98 Å². The molecule has 2 aromatic heterocycles. The molecule has 5 rings (SSSR count). The molecule has 1 atom stereocenters. The van der Waals surface area contributed by atoms with Gasteiger partial charge in [-0.15, -0.1) is 0 Å². The summed E-state index contributed by atoms with van der Waals surface area (Å²) in [7, 11) is 0. The zero-order chi connectivity index (χ0) is 27.4. The Morgan fingerprint density at radius 1 is 1.18 bits per heavy atom. The molecule has 5 N–H and O–H groups in total. The van der Waals surface area contributed by atoms with E-state index < -0.39 is 6.10 Å². The van der Waals surface area contributed by atoms with E-state index >= 15 is 0 Å². The molecule has 0 bridgehead atoms. The number of H-pyrrole nitrogens is 2. The maximum absolute atomic E-state index is 13.0. The normalized spacial score (nSPS) is 14.5. The fourth-order valence-corrected chi connectivity index (χ4v) is 4.88. The van der Waals surface area contributed by atoms with Gasteiger partial charge in [0.2, 0.25) is 0 Å². The van der Waals surface area contributed by atoms with E-state index in [1.165, 1.54) is 18.4 Å². The van der Waals surface area contributed by atoms with Crippen LogP contribution in [-0.2, 0) is 0 Å². The number of pyridine rings is 1. The lowest BCUT2D eigenvalue weighted by Gasteiger charge is -2.15. The van der Waals surface area contributed by atoms with Crippen molar-refractivity contribution in [1.82, 2.24) is 20.3 Å². The third kappa shape index (κ3) is 6.06. The number of aromatic nitrogens is 3. The second kappa shape index (κ2) is 11.9. The van der Waals surface area contributed by atoms with Gasteiger partial charge in [0.05, 0.1) is 22.8 Å². The SMILES string of the molecule is CCCN=C(NCCC)c1cc(C)c2nc(-c3c(NCC(O)c4cccc(C5CC5)c4)cc[nH]c3=O)[nH]c2c1. The van der Waals surface area contributed by atoms with E-state index in [0.29, 0.717) is 23.0 Å². The number of nitrogens with one attached hydrogen (secondary N) is 4. The number of aliphatic hydroxyl groups excluding tert-OH is 1. The highest BCUT2D eigenvalue weighted by atomic mass is 16.3. The van der Waals surface area contributed by atoms with Crippen molar-refractivity contribution >= 4 is 22.6 Å². The lowest BCUT2D eigenvalue weighted by atomic mass is 10.0. The molecule has 2 heterocycles. The number of aliphatic hydroxyl groups is 1. The number of aryl methyl sites for hydroxylation is 1. The average Bonchev–Trinajstić information content (AvgIpc) is 3.71. The molecule has 8 nitrogen and oxygen atoms in total. The van der Waals surface area contributed by atoms with Gasteiger partial charge in [-0.05, 0) is 73.4 Å². The second-order valence-electron chi connectivity index (χ2n) is 10.4. The summed E-state index contributed by atoms with van der Waals surface area (Å²) in [5.74, 6) is 1.98. The van der Waals surface area contributed by atoms with Gasteiger partial charge in [0.15, 0.2) is 0 Å². The van der Waals surface area contributed by atoms with Gasteiger partial charge in [0.25, 0.3) is 5.56 Å². The Morgan fingerprint density at radius 3 is 2.79 bits per heavy atom. The summed E-state index contributed by atoms with van der Waals surface area (Å²) in [6.07, 6.45) is 5.32. The lowest BCUT2D eigenvalue weighted by Crippen LogP contribution is -2.25. The van der Waals surface area contributed by atoms with E-state index in [1.807, 2.05) is 25.1 Å². The van der Waals surface area contributed by atoms with Crippen LogP contribution in [0.2, 0.25) is 0 Å². The minimum atomic E-state index is -0.701. The van der Waals surface area contributed by atoms with Crippen molar-refractivity contribution in [3.63, 3.8) is 0 Å². The van der Waals surface area contributed by atoms with E-state index in [2.05, 4.69) is 52.6 Å². The predicted octanol–water partition coefficient (Wildman–Crippen LogP) is 5.41. The van der Waals surface area contributed by atoms with Crippen molar-refractivity contribution in [3.05, 3.63) is 81.3 Å². The van der Waals surface area contributed by atoms with E-state index in [4.69, 9.17) is 9.98 Å². The molecule has 0 saturated heterocycles. The van der Waals surface area contributed by atoms with E-state index in [9.17, 15) is 9.90 Å². The summed E-state index contributed by atoms with van der Waals surface area (Å²) < 4.78 is 0. The Bertz CT molecular complexity index is 1530. The van der Waals surface area contributed by atoms with Crippen molar-refractivity contribution in [2.45, 2.75) is 58.5 Å². The number of aromatic amines is 2. The topological polar surface area (TPSA) is 118 Å². The van der Waals surface area contributed by atoms with Crippen molar-refractivity contribution in [2.24, 2.45) is 4.99 Å². The van der Waals surface area contributed by atoms with Crippen LogP contribution >= 0.6 is 0 Å². The third-order valence-corrected chi connectivity index (χ3v) is 7.11. The number of anilines is 1. The van der Waals surface area contributed by atoms with Crippen LogP contribution in [-0.4, -0.2) is 45.5 Å². The Balaban J connectivity index is 1.43. The highest BCUT2D eigenvalue weighted by Crippen LogP contribution is 2.40. The number of benzene rings is 2. The maximum atomic E-state index is 13.0. The van der Waals surface area contributed by atoms with Gasteiger partial charge in [0, 0.05) is 31.4 Å². The largest absolute Gasteiger partial charge is 0.387 e. The van der Waals surface area contributed by atoms with Crippen molar-refractivity contribution < 1.29 is 5.11 Å². The number of fused-ring (bicyclic) bond motifs is 1. The molecule has 1 unspecified atom stereocenters. The van der Waals surface area contributed by atoms with E-state index in [1.54, 1.807) is 12.3 Å². The summed E-state index contributed by atoms with van der Waals surface area (Å²) in [5, 5.41) is 17.6. The molecule has 1 aliphatic rings. The molecule has 0 radical (unpaired) electrons. The Hall–Kier alpha value is -3.91. The first kappa shape index (κ1) is 26.7. The van der Waals surface area contributed by atoms with Crippen molar-refractivity contribution in [1.29, 1.82) is 0 Å². The number of amidine groups is 1. The van der Waals surface area contributed by atoms with Crippen LogP contribution in [0.1, 0.15) is 73.8 Å². The van der Waals surface area contributed by atoms with Crippen LogP contribution in [0.15, 0.2) is 58.4 Å². The Morgan fingerprint density at radius 2 is 2.03 bits per heavy atom. The average molecular weight is 527 g/mol. The van der Waals surface area contributed by atoms with Gasteiger partial charge < -0.3 is 25.7 Å². The number of imidazole rings is 1. The van der Waals surface area contributed by atoms with E-state index in [0.717, 1.165) is 59.5 Å². The molecular weight excluding hydrogens is 488 g/mol. The van der Waals surface area contributed by atoms with Crippen LogP contribution in [0.5, 0.6) is 0 Å². The number of hydrogen-bond acceptors (Lipinski definition) is 5. The van der Waals surface area contributed by atoms with Crippen LogP contribution in [0.25, 0.3) is 22.4 Å². The van der Waals surface area contributed by atoms with Gasteiger partial charge in [-0.2, -0.15) is 0 Å². The molecular formula is C31H38N6O2. The quantitative estimate of drug-likeness (QED) is 0.132. The molecule has 1 saturated carbocycles. The summed E-state index contributed by atoms with van der Waals surface area (Å²) in [6, 6.07) is 14.1. The molecule has 39 heavy (non-hydrogen) atoms. The molecule has 204 valence electrons. The molecule has 0 spiro atoms. The van der Waals surface area contributed by atoms with Gasteiger partial charge >= 0.3 is 0 Å². The predicted molar refractivity (Wildman–Crippen MR) is 159 cm³/mol. The highest BCUT2D eigenvalue weighted by Gasteiger charge is 2.24. The van der Waals surface area contributed by atoms with Crippen LogP contribution in [0.3, 0.4) is 0 Å². The third-order valence-electron chi connectivity index (χ3n) is 7.11. The minimum Gasteiger partial charge on any atom is -0.387 e. The molecule has 0 aliphatic heterocycles. The molecule has 1 fully saturated rings. The second-order valence-corrected chi connectivity index (χ2v) is 10.4. The smallest absolute Gasteiger partial charge is 0.261 e. The number of hydrogen-bond donors (Lipinski definition) is 5. The van der Waals surface area contributed by atoms with Crippen LogP contribution in [0.4, 0.5) is 5.69 Å². The number of nitrogens with zero attached hydrogens (tertiary/aromatic N) is 2. The first-order valence-electron chi connectivity index (χ1n) is 14.0. The fraction of sp³-hybridized carbons (Fsp3) is 0.387. The lowest BCUT2D eigenvalue weighted by molar-refractivity contribution is 0.191. The van der Waals surface area contributed by atoms with Gasteiger partial charge in [-0.1, -0.05) is 38.1 Å². The summed E-state index contributed by atoms with van der Waals surface area (Å²) in [4.78, 5) is 28.7. The zero-order valence-electron chi connectivity index (χ0n) is 23.0. The van der Waals surface area contributed by atoms with Crippen LogP contribution < -0.4 is 16.2 Å². The van der Waals surface area contributed by atoms with Crippen molar-refractivity contribution in [3.8, 4) is 11.4 Å². The molecule has 2 aromatic carbocycles. The summed E-state index contributed by atoms with van der Waals surface area (Å²) in [6.45, 7) is 8.14.